The van der Waals surface area contributed by atoms with Crippen molar-refractivity contribution in [2.75, 3.05) is 12.4 Å². The van der Waals surface area contributed by atoms with Crippen LogP contribution >= 0.6 is 0 Å². The van der Waals surface area contributed by atoms with Crippen molar-refractivity contribution in [3.05, 3.63) is 24.3 Å². The van der Waals surface area contributed by atoms with Gasteiger partial charge in [-0.3, -0.25) is 0 Å². The van der Waals surface area contributed by atoms with Crippen molar-refractivity contribution < 1.29 is 47.6 Å². The van der Waals surface area contributed by atoms with Gasteiger partial charge in [0.2, 0.25) is 0 Å². The van der Waals surface area contributed by atoms with Crippen LogP contribution in [-0.2, 0) is 10.1 Å². The first-order valence-corrected chi connectivity index (χ1v) is 10.5. The molecular formula is C18H33NaO4S. The molecule has 0 aromatic heterocycles. The molecule has 0 atom stereocenters. The van der Waals surface area contributed by atoms with Gasteiger partial charge in [0.25, 0.3) is 0 Å². The zero-order valence-corrected chi connectivity index (χ0v) is 18.1. The van der Waals surface area contributed by atoms with Crippen molar-refractivity contribution in [1.82, 2.24) is 0 Å². The molecule has 24 heavy (non-hydrogen) atoms. The van der Waals surface area contributed by atoms with Crippen LogP contribution in [0.1, 0.15) is 77.0 Å². The minimum atomic E-state index is -4.04. The summed E-state index contributed by atoms with van der Waals surface area (Å²) in [7, 11) is -4.04. The van der Waals surface area contributed by atoms with Gasteiger partial charge in [0.15, 0.2) is 0 Å². The maximum atomic E-state index is 10.4. The molecule has 0 unspecified atom stereocenters. The monoisotopic (exact) mass is 368 g/mol. The molecule has 0 heterocycles. The molecule has 6 heteroatoms. The van der Waals surface area contributed by atoms with Crippen molar-refractivity contribution in [2.24, 2.45) is 0 Å². The maximum absolute atomic E-state index is 10.4. The number of unbranched alkanes of at least 4 members (excludes halogenated alkanes) is 9. The predicted molar refractivity (Wildman–Crippen MR) is 95.3 cm³/mol. The Labute approximate surface area is 170 Å². The summed E-state index contributed by atoms with van der Waals surface area (Å²) in [5.41, 5.74) is 0. The molecule has 0 rings (SSSR count). The molecule has 0 fully saturated rings. The first kappa shape index (κ1) is 26.6. The summed E-state index contributed by atoms with van der Waals surface area (Å²) in [5, 5.41) is 8.65. The van der Waals surface area contributed by atoms with Crippen LogP contribution in [-0.4, -0.2) is 30.4 Å². The summed E-state index contributed by atoms with van der Waals surface area (Å²) in [5.74, 6) is -0.257. The van der Waals surface area contributed by atoms with E-state index in [1.54, 1.807) is 0 Å². The van der Waals surface area contributed by atoms with Crippen LogP contribution in [0.4, 0.5) is 0 Å². The van der Waals surface area contributed by atoms with Gasteiger partial charge in [-0.1, -0.05) is 43.6 Å². The Hall–Kier alpha value is 0.350. The van der Waals surface area contributed by atoms with Crippen molar-refractivity contribution in [2.45, 2.75) is 77.0 Å². The van der Waals surface area contributed by atoms with E-state index in [4.69, 9.17) is 5.11 Å². The van der Waals surface area contributed by atoms with Crippen molar-refractivity contribution in [1.29, 1.82) is 0 Å². The van der Waals surface area contributed by atoms with E-state index < -0.39 is 10.1 Å². The number of aliphatic hydroxyl groups is 1. The first-order chi connectivity index (χ1) is 11.1. The van der Waals surface area contributed by atoms with Crippen LogP contribution in [0.2, 0.25) is 0 Å². The summed E-state index contributed by atoms with van der Waals surface area (Å²) in [6.45, 7) is 0.297. The minimum absolute atomic E-state index is 0. The van der Waals surface area contributed by atoms with Crippen molar-refractivity contribution >= 4 is 10.1 Å². The minimum Gasteiger partial charge on any atom is -0.748 e. The second-order valence-electron chi connectivity index (χ2n) is 5.91. The van der Waals surface area contributed by atoms with Gasteiger partial charge in [-0.05, 0) is 57.8 Å². The van der Waals surface area contributed by atoms with Gasteiger partial charge in [-0.15, -0.1) is 0 Å². The Morgan fingerprint density at radius 2 is 1.04 bits per heavy atom. The van der Waals surface area contributed by atoms with Gasteiger partial charge in [0.05, 0.1) is 10.1 Å². The third-order valence-corrected chi connectivity index (χ3v) is 4.41. The maximum Gasteiger partial charge on any atom is 1.00 e. The summed E-state index contributed by atoms with van der Waals surface area (Å²) < 4.78 is 31.2. The smallest absolute Gasteiger partial charge is 0.748 e. The zero-order chi connectivity index (χ0) is 17.2. The third-order valence-electron chi connectivity index (χ3n) is 3.62. The average molecular weight is 369 g/mol. The SMILES string of the molecule is O=S(=O)([O-])CCC/C=C\CCCCCCC/C=C\CCCCO.[Na+]. The Bertz CT molecular complexity index is 405. The normalized spacial score (nSPS) is 12.1. The van der Waals surface area contributed by atoms with Gasteiger partial charge >= 0.3 is 29.6 Å². The van der Waals surface area contributed by atoms with Gasteiger partial charge in [0, 0.05) is 12.4 Å². The molecule has 136 valence electrons. The van der Waals surface area contributed by atoms with Gasteiger partial charge < -0.3 is 9.66 Å². The molecule has 1 N–H and O–H groups in total. The topological polar surface area (TPSA) is 77.4 Å². The van der Waals surface area contributed by atoms with Gasteiger partial charge in [-0.25, -0.2) is 8.42 Å². The number of aliphatic hydroxyl groups excluding tert-OH is 1. The molecule has 0 saturated heterocycles. The standard InChI is InChI=1S/C18H34O4S.Na/c19-17-15-13-11-9-7-5-3-1-2-4-6-8-10-12-14-16-18-23(20,21)22;/h7,9-10,12,19H,1-6,8,11,13-18H2,(H,20,21,22);/q;+1/p-1/b9-7-,12-10-;. The molecule has 0 saturated carbocycles. The molecule has 0 spiro atoms. The van der Waals surface area contributed by atoms with Crippen molar-refractivity contribution in [3.63, 3.8) is 0 Å². The molecule has 0 amide bonds. The van der Waals surface area contributed by atoms with E-state index in [1.807, 2.05) is 6.08 Å². The van der Waals surface area contributed by atoms with E-state index in [0.717, 1.165) is 32.1 Å². The van der Waals surface area contributed by atoms with Gasteiger partial charge in [-0.2, -0.15) is 0 Å². The third kappa shape index (κ3) is 24.6. The number of hydrogen-bond acceptors (Lipinski definition) is 4. The Morgan fingerprint density at radius 1 is 0.667 bits per heavy atom. The Balaban J connectivity index is 0. The van der Waals surface area contributed by atoms with E-state index in [0.29, 0.717) is 19.4 Å². The van der Waals surface area contributed by atoms with Crippen LogP contribution in [0.3, 0.4) is 0 Å². The van der Waals surface area contributed by atoms with Crippen LogP contribution in [0, 0.1) is 0 Å². The molecule has 0 aromatic carbocycles. The molecular weight excluding hydrogens is 335 g/mol. The fourth-order valence-corrected chi connectivity index (χ4v) is 2.80. The summed E-state index contributed by atoms with van der Waals surface area (Å²) in [6, 6.07) is 0. The van der Waals surface area contributed by atoms with Crippen molar-refractivity contribution in [3.8, 4) is 0 Å². The number of allylic oxidation sites excluding steroid dienone is 4. The van der Waals surface area contributed by atoms with Gasteiger partial charge in [0.1, 0.15) is 0 Å². The predicted octanol–water partition coefficient (Wildman–Crippen LogP) is 1.32. The molecule has 0 aliphatic carbocycles. The second-order valence-corrected chi connectivity index (χ2v) is 7.43. The summed E-state index contributed by atoms with van der Waals surface area (Å²) >= 11 is 0. The van der Waals surface area contributed by atoms with E-state index >= 15 is 0 Å². The first-order valence-electron chi connectivity index (χ1n) is 8.90. The molecule has 0 bridgehead atoms. The largest absolute Gasteiger partial charge is 1.00 e. The van der Waals surface area contributed by atoms with E-state index in [1.165, 1.54) is 32.1 Å². The molecule has 4 nitrogen and oxygen atoms in total. The fourth-order valence-electron chi connectivity index (χ4n) is 2.28. The summed E-state index contributed by atoms with van der Waals surface area (Å²) in [6.07, 6.45) is 21.1. The van der Waals surface area contributed by atoms with Crippen LogP contribution in [0.15, 0.2) is 24.3 Å². The molecule has 0 aliphatic heterocycles. The summed E-state index contributed by atoms with van der Waals surface area (Å²) in [4.78, 5) is 0. The van der Waals surface area contributed by atoms with E-state index in [2.05, 4.69) is 18.2 Å². The van der Waals surface area contributed by atoms with Crippen LogP contribution in [0.5, 0.6) is 0 Å². The number of rotatable bonds is 16. The second kappa shape index (κ2) is 19.7. The van der Waals surface area contributed by atoms with E-state index in [-0.39, 0.29) is 35.3 Å². The van der Waals surface area contributed by atoms with Crippen LogP contribution < -0.4 is 29.6 Å². The molecule has 0 aromatic rings. The fraction of sp³-hybridized carbons (Fsp3) is 0.778. The van der Waals surface area contributed by atoms with E-state index in [9.17, 15) is 13.0 Å². The quantitative estimate of drug-likeness (QED) is 0.193. The Kier molecular flexibility index (Phi) is 21.8. The molecule has 0 radical (unpaired) electrons. The van der Waals surface area contributed by atoms with Crippen LogP contribution in [0.25, 0.3) is 0 Å². The average Bonchev–Trinajstić information content (AvgIpc) is 2.49. The number of hydrogen-bond donors (Lipinski definition) is 1. The zero-order valence-electron chi connectivity index (χ0n) is 15.3. The molecule has 0 aliphatic rings. The Morgan fingerprint density at radius 3 is 1.46 bits per heavy atom.